The van der Waals surface area contributed by atoms with Gasteiger partial charge in [-0.3, -0.25) is 4.79 Å². The van der Waals surface area contributed by atoms with Gasteiger partial charge in [0.25, 0.3) is 0 Å². The summed E-state index contributed by atoms with van der Waals surface area (Å²) in [6, 6.07) is 0. The molecule has 1 aromatic rings. The van der Waals surface area contributed by atoms with Gasteiger partial charge in [0, 0.05) is 7.05 Å². The highest BCUT2D eigenvalue weighted by Crippen LogP contribution is 2.29. The Morgan fingerprint density at radius 2 is 2.27 bits per heavy atom. The number of hydrogen-bond acceptors (Lipinski definition) is 4. The molecule has 0 bridgehead atoms. The van der Waals surface area contributed by atoms with Crippen LogP contribution in [0.5, 0.6) is 5.88 Å². The summed E-state index contributed by atoms with van der Waals surface area (Å²) < 4.78 is 6.52. The van der Waals surface area contributed by atoms with Crippen molar-refractivity contribution in [1.82, 2.24) is 9.78 Å². The summed E-state index contributed by atoms with van der Waals surface area (Å²) in [5.41, 5.74) is 1.01. The van der Waals surface area contributed by atoms with E-state index in [1.165, 1.54) is 11.8 Å². The molecule has 15 heavy (non-hydrogen) atoms. The maximum Gasteiger partial charge on any atom is 0.306 e. The third kappa shape index (κ3) is 2.27. The number of methoxy groups -OCH3 is 1. The van der Waals surface area contributed by atoms with Gasteiger partial charge in [0.15, 0.2) is 0 Å². The van der Waals surface area contributed by atoms with E-state index in [-0.39, 0.29) is 6.42 Å². The molecular formula is C9H14N2O4. The highest BCUT2D eigenvalue weighted by atomic mass is 16.5. The van der Waals surface area contributed by atoms with Crippen molar-refractivity contribution >= 4 is 5.97 Å². The lowest BCUT2D eigenvalue weighted by Crippen LogP contribution is -2.07. The van der Waals surface area contributed by atoms with Gasteiger partial charge in [-0.2, -0.15) is 5.10 Å². The Bertz CT molecular complexity index is 372. The van der Waals surface area contributed by atoms with Crippen molar-refractivity contribution in [3.63, 3.8) is 0 Å². The summed E-state index contributed by atoms with van der Waals surface area (Å²) in [4.78, 5) is 10.5. The molecule has 6 nitrogen and oxygen atoms in total. The molecule has 0 aromatic carbocycles. The van der Waals surface area contributed by atoms with E-state index >= 15 is 0 Å². The average Bonchev–Trinajstić information content (AvgIpc) is 2.38. The van der Waals surface area contributed by atoms with Crippen molar-refractivity contribution in [1.29, 1.82) is 0 Å². The van der Waals surface area contributed by atoms with Gasteiger partial charge >= 0.3 is 5.97 Å². The standard InChI is InChI=1S/C9H14N2O4/c1-5-8(6(12)4-7(13)14)9(15-3)11(2)10-5/h6,12H,4H2,1-3H3,(H,13,14)/t6-/m1/s1. The number of aryl methyl sites for hydroxylation is 2. The van der Waals surface area contributed by atoms with E-state index in [0.29, 0.717) is 17.1 Å². The Morgan fingerprint density at radius 1 is 1.67 bits per heavy atom. The average molecular weight is 214 g/mol. The summed E-state index contributed by atoms with van der Waals surface area (Å²) in [7, 11) is 3.12. The number of aliphatic hydroxyl groups is 1. The molecule has 0 amide bonds. The second kappa shape index (κ2) is 4.31. The van der Waals surface area contributed by atoms with E-state index in [1.807, 2.05) is 0 Å². The van der Waals surface area contributed by atoms with Crippen molar-refractivity contribution in [2.75, 3.05) is 7.11 Å². The maximum atomic E-state index is 10.5. The van der Waals surface area contributed by atoms with Crippen LogP contribution in [0.25, 0.3) is 0 Å². The predicted molar refractivity (Wildman–Crippen MR) is 51.7 cm³/mol. The predicted octanol–water partition coefficient (Wildman–Crippen LogP) is 0.245. The van der Waals surface area contributed by atoms with E-state index < -0.39 is 12.1 Å². The van der Waals surface area contributed by atoms with Crippen LogP contribution < -0.4 is 4.74 Å². The molecule has 0 unspecified atom stereocenters. The zero-order valence-electron chi connectivity index (χ0n) is 8.89. The van der Waals surface area contributed by atoms with Crippen LogP contribution in [-0.2, 0) is 11.8 Å². The van der Waals surface area contributed by atoms with Gasteiger partial charge in [0.2, 0.25) is 5.88 Å². The fourth-order valence-corrected chi connectivity index (χ4v) is 1.55. The third-order valence-electron chi connectivity index (χ3n) is 2.11. The quantitative estimate of drug-likeness (QED) is 0.750. The minimum absolute atomic E-state index is 0.358. The molecule has 0 fully saturated rings. The molecule has 1 heterocycles. The normalized spacial score (nSPS) is 12.5. The van der Waals surface area contributed by atoms with Crippen LogP contribution in [-0.4, -0.2) is 33.1 Å². The highest BCUT2D eigenvalue weighted by molar-refractivity contribution is 5.68. The fraction of sp³-hybridized carbons (Fsp3) is 0.556. The summed E-state index contributed by atoms with van der Waals surface area (Å²) in [6.07, 6.45) is -1.45. The molecule has 0 saturated heterocycles. The van der Waals surface area contributed by atoms with Crippen LogP contribution in [0.1, 0.15) is 23.8 Å². The molecule has 0 aliphatic rings. The van der Waals surface area contributed by atoms with Gasteiger partial charge in [-0.1, -0.05) is 0 Å². The summed E-state index contributed by atoms with van der Waals surface area (Å²) in [5.74, 6) is -0.672. The number of hydrogen-bond donors (Lipinski definition) is 2. The van der Waals surface area contributed by atoms with Crippen LogP contribution in [0, 0.1) is 6.92 Å². The third-order valence-corrected chi connectivity index (χ3v) is 2.11. The minimum Gasteiger partial charge on any atom is -0.481 e. The molecule has 0 radical (unpaired) electrons. The van der Waals surface area contributed by atoms with Crippen molar-refractivity contribution in [2.24, 2.45) is 7.05 Å². The van der Waals surface area contributed by atoms with E-state index in [1.54, 1.807) is 14.0 Å². The largest absolute Gasteiger partial charge is 0.481 e. The number of carboxylic acids is 1. The number of rotatable bonds is 4. The number of aliphatic carboxylic acids is 1. The zero-order chi connectivity index (χ0) is 11.6. The molecule has 2 N–H and O–H groups in total. The lowest BCUT2D eigenvalue weighted by molar-refractivity contribution is -0.139. The van der Waals surface area contributed by atoms with Gasteiger partial charge in [-0.05, 0) is 6.92 Å². The Hall–Kier alpha value is -1.56. The molecule has 6 heteroatoms. The SMILES string of the molecule is COc1c([C@H](O)CC(=O)O)c(C)nn1C. The van der Waals surface area contributed by atoms with Gasteiger partial charge < -0.3 is 14.9 Å². The molecule has 1 aromatic heterocycles. The molecule has 0 aliphatic carbocycles. The van der Waals surface area contributed by atoms with Crippen LogP contribution in [0.2, 0.25) is 0 Å². The number of nitrogens with zero attached hydrogens (tertiary/aromatic N) is 2. The van der Waals surface area contributed by atoms with Gasteiger partial charge in [0.1, 0.15) is 0 Å². The number of carbonyl (C=O) groups is 1. The molecular weight excluding hydrogens is 200 g/mol. The Labute approximate surface area is 87.1 Å². The lowest BCUT2D eigenvalue weighted by Gasteiger charge is -2.09. The zero-order valence-corrected chi connectivity index (χ0v) is 8.89. The van der Waals surface area contributed by atoms with Gasteiger partial charge in [0.05, 0.1) is 30.9 Å². The fourth-order valence-electron chi connectivity index (χ4n) is 1.55. The van der Waals surface area contributed by atoms with E-state index in [4.69, 9.17) is 9.84 Å². The van der Waals surface area contributed by atoms with Crippen LogP contribution >= 0.6 is 0 Å². The number of carboxylic acid groups (broad SMARTS) is 1. The Kier molecular flexibility index (Phi) is 3.31. The van der Waals surface area contributed by atoms with E-state index in [0.717, 1.165) is 0 Å². The maximum absolute atomic E-state index is 10.5. The Morgan fingerprint density at radius 3 is 2.73 bits per heavy atom. The second-order valence-electron chi connectivity index (χ2n) is 3.25. The van der Waals surface area contributed by atoms with Crippen molar-refractivity contribution < 1.29 is 19.7 Å². The summed E-state index contributed by atoms with van der Waals surface area (Å²) in [5, 5.41) is 22.3. The number of aliphatic hydroxyl groups excluding tert-OH is 1. The summed E-state index contributed by atoms with van der Waals surface area (Å²) >= 11 is 0. The molecule has 0 aliphatic heterocycles. The van der Waals surface area contributed by atoms with Crippen molar-refractivity contribution in [2.45, 2.75) is 19.4 Å². The first-order valence-corrected chi connectivity index (χ1v) is 4.44. The minimum atomic E-state index is -1.09. The highest BCUT2D eigenvalue weighted by Gasteiger charge is 2.23. The van der Waals surface area contributed by atoms with Crippen LogP contribution in [0.4, 0.5) is 0 Å². The van der Waals surface area contributed by atoms with Crippen LogP contribution in [0.3, 0.4) is 0 Å². The smallest absolute Gasteiger partial charge is 0.306 e. The van der Waals surface area contributed by atoms with Crippen molar-refractivity contribution in [3.8, 4) is 5.88 Å². The molecule has 1 atom stereocenters. The van der Waals surface area contributed by atoms with E-state index in [9.17, 15) is 9.90 Å². The van der Waals surface area contributed by atoms with Gasteiger partial charge in [-0.25, -0.2) is 4.68 Å². The number of ether oxygens (including phenoxy) is 1. The van der Waals surface area contributed by atoms with Crippen LogP contribution in [0.15, 0.2) is 0 Å². The van der Waals surface area contributed by atoms with Crippen molar-refractivity contribution in [3.05, 3.63) is 11.3 Å². The molecule has 0 spiro atoms. The van der Waals surface area contributed by atoms with E-state index in [2.05, 4.69) is 5.10 Å². The lowest BCUT2D eigenvalue weighted by atomic mass is 10.1. The number of aromatic nitrogens is 2. The first-order chi connectivity index (χ1) is 6.97. The Balaban J connectivity index is 3.06. The first-order valence-electron chi connectivity index (χ1n) is 4.44. The monoisotopic (exact) mass is 214 g/mol. The molecule has 84 valence electrons. The summed E-state index contributed by atoms with van der Waals surface area (Å²) in [6.45, 7) is 1.70. The first kappa shape index (κ1) is 11.5. The van der Waals surface area contributed by atoms with Gasteiger partial charge in [-0.15, -0.1) is 0 Å². The molecule has 0 saturated carbocycles. The second-order valence-corrected chi connectivity index (χ2v) is 3.25. The molecule has 1 rings (SSSR count). The topological polar surface area (TPSA) is 84.6 Å².